The molecule has 3 rings (SSSR count). The van der Waals surface area contributed by atoms with Gasteiger partial charge in [-0.25, -0.2) is 13.4 Å². The molecule has 124 valence electrons. The minimum atomic E-state index is -3.42. The summed E-state index contributed by atoms with van der Waals surface area (Å²) in [6, 6.07) is 5.49. The van der Waals surface area contributed by atoms with Crippen molar-refractivity contribution in [2.24, 2.45) is 7.05 Å². The third kappa shape index (κ3) is 3.58. The SMILES string of the molecule is Cc1cc(N(Cc2nc(C3CC3)nn2C)S(C)(=O)=O)ccc1Br. The van der Waals surface area contributed by atoms with E-state index >= 15 is 0 Å². The molecule has 1 aliphatic carbocycles. The highest BCUT2D eigenvalue weighted by molar-refractivity contribution is 9.10. The first kappa shape index (κ1) is 16.4. The number of hydrogen-bond acceptors (Lipinski definition) is 4. The first-order chi connectivity index (χ1) is 10.8. The first-order valence-electron chi connectivity index (χ1n) is 7.39. The molecule has 23 heavy (non-hydrogen) atoms. The molecule has 0 unspecified atom stereocenters. The van der Waals surface area contributed by atoms with E-state index in [1.807, 2.05) is 26.1 Å². The first-order valence-corrected chi connectivity index (χ1v) is 10.0. The van der Waals surface area contributed by atoms with Gasteiger partial charge in [-0.2, -0.15) is 5.10 Å². The Balaban J connectivity index is 1.95. The van der Waals surface area contributed by atoms with E-state index in [0.29, 0.717) is 17.4 Å². The number of nitrogens with zero attached hydrogens (tertiary/aromatic N) is 4. The van der Waals surface area contributed by atoms with Crippen LogP contribution in [-0.2, 0) is 23.6 Å². The molecule has 0 bridgehead atoms. The number of anilines is 1. The van der Waals surface area contributed by atoms with Crippen LogP contribution in [0.25, 0.3) is 0 Å². The lowest BCUT2D eigenvalue weighted by Gasteiger charge is -2.22. The maximum absolute atomic E-state index is 12.3. The zero-order chi connectivity index (χ0) is 16.8. The van der Waals surface area contributed by atoms with Gasteiger partial charge in [0.15, 0.2) is 5.82 Å². The smallest absolute Gasteiger partial charge is 0.232 e. The predicted molar refractivity (Wildman–Crippen MR) is 92.9 cm³/mol. The number of hydrogen-bond donors (Lipinski definition) is 0. The summed E-state index contributed by atoms with van der Waals surface area (Å²) in [5, 5.41) is 4.41. The molecule has 2 aromatic rings. The van der Waals surface area contributed by atoms with Crippen LogP contribution >= 0.6 is 15.9 Å². The van der Waals surface area contributed by atoms with Crippen molar-refractivity contribution in [2.75, 3.05) is 10.6 Å². The van der Waals surface area contributed by atoms with E-state index < -0.39 is 10.0 Å². The van der Waals surface area contributed by atoms with Crippen LogP contribution in [0.15, 0.2) is 22.7 Å². The predicted octanol–water partition coefficient (Wildman–Crippen LogP) is 2.73. The summed E-state index contributed by atoms with van der Waals surface area (Å²) in [6.45, 7) is 2.11. The summed E-state index contributed by atoms with van der Waals surface area (Å²) in [7, 11) is -1.61. The van der Waals surface area contributed by atoms with Crippen LogP contribution in [0.1, 0.15) is 36.0 Å². The van der Waals surface area contributed by atoms with Gasteiger partial charge in [0.2, 0.25) is 10.0 Å². The third-order valence-corrected chi connectivity index (χ3v) is 5.96. The van der Waals surface area contributed by atoms with Gasteiger partial charge in [-0.15, -0.1) is 0 Å². The average Bonchev–Trinajstić information content (AvgIpc) is 3.23. The normalized spacial score (nSPS) is 15.0. The molecule has 1 aliphatic rings. The Morgan fingerprint density at radius 3 is 2.65 bits per heavy atom. The number of halogens is 1. The van der Waals surface area contributed by atoms with E-state index in [1.165, 1.54) is 10.6 Å². The molecule has 0 amide bonds. The lowest BCUT2D eigenvalue weighted by atomic mass is 10.2. The molecule has 0 spiro atoms. The zero-order valence-corrected chi connectivity index (χ0v) is 15.7. The molecule has 0 aliphatic heterocycles. The summed E-state index contributed by atoms with van der Waals surface area (Å²) in [6.07, 6.45) is 3.44. The molecule has 0 N–H and O–H groups in total. The number of aromatic nitrogens is 3. The van der Waals surface area contributed by atoms with Crippen molar-refractivity contribution in [1.29, 1.82) is 0 Å². The van der Waals surface area contributed by atoms with Gasteiger partial charge in [-0.1, -0.05) is 15.9 Å². The zero-order valence-electron chi connectivity index (χ0n) is 13.3. The van der Waals surface area contributed by atoms with Crippen molar-refractivity contribution in [3.8, 4) is 0 Å². The monoisotopic (exact) mass is 398 g/mol. The number of aryl methyl sites for hydroxylation is 2. The summed E-state index contributed by atoms with van der Waals surface area (Å²) in [4.78, 5) is 4.53. The van der Waals surface area contributed by atoms with Gasteiger partial charge in [0, 0.05) is 17.4 Å². The van der Waals surface area contributed by atoms with E-state index in [1.54, 1.807) is 10.7 Å². The summed E-state index contributed by atoms with van der Waals surface area (Å²) in [5.74, 6) is 1.91. The lowest BCUT2D eigenvalue weighted by molar-refractivity contribution is 0.593. The van der Waals surface area contributed by atoms with Crippen molar-refractivity contribution >= 4 is 31.6 Å². The van der Waals surface area contributed by atoms with Crippen LogP contribution < -0.4 is 4.31 Å². The molecule has 1 saturated carbocycles. The van der Waals surface area contributed by atoms with Gasteiger partial charge in [-0.3, -0.25) is 8.99 Å². The molecular weight excluding hydrogens is 380 g/mol. The van der Waals surface area contributed by atoms with Crippen LogP contribution in [-0.4, -0.2) is 29.4 Å². The van der Waals surface area contributed by atoms with E-state index in [-0.39, 0.29) is 6.54 Å². The molecule has 0 atom stereocenters. The van der Waals surface area contributed by atoms with Crippen LogP contribution in [0.4, 0.5) is 5.69 Å². The van der Waals surface area contributed by atoms with Crippen molar-refractivity contribution in [3.05, 3.63) is 39.9 Å². The topological polar surface area (TPSA) is 68.1 Å². The van der Waals surface area contributed by atoms with E-state index in [9.17, 15) is 8.42 Å². The van der Waals surface area contributed by atoms with Crippen molar-refractivity contribution in [3.63, 3.8) is 0 Å². The fraction of sp³-hybridized carbons (Fsp3) is 0.467. The minimum absolute atomic E-state index is 0.177. The molecular formula is C15H19BrN4O2S. The Hall–Kier alpha value is -1.41. The van der Waals surface area contributed by atoms with Crippen molar-refractivity contribution in [2.45, 2.75) is 32.2 Å². The van der Waals surface area contributed by atoms with Gasteiger partial charge >= 0.3 is 0 Å². The standard InChI is InChI=1S/C15H19BrN4O2S/c1-10-8-12(6-7-13(10)16)20(23(3,21)22)9-14-17-15(11-4-5-11)18-19(14)2/h6-8,11H,4-5,9H2,1-3H3. The van der Waals surface area contributed by atoms with Gasteiger partial charge in [0.25, 0.3) is 0 Å². The number of benzene rings is 1. The molecule has 1 aromatic heterocycles. The van der Waals surface area contributed by atoms with E-state index in [4.69, 9.17) is 0 Å². The second-order valence-corrected chi connectivity index (χ2v) is 8.75. The Kier molecular flexibility index (Phi) is 4.22. The molecule has 0 radical (unpaired) electrons. The second-order valence-electron chi connectivity index (χ2n) is 5.99. The summed E-state index contributed by atoms with van der Waals surface area (Å²) >= 11 is 3.44. The fourth-order valence-electron chi connectivity index (χ4n) is 2.40. The van der Waals surface area contributed by atoms with Crippen LogP contribution in [0, 0.1) is 6.92 Å². The highest BCUT2D eigenvalue weighted by Crippen LogP contribution is 2.38. The summed E-state index contributed by atoms with van der Waals surface area (Å²) < 4.78 is 28.5. The molecule has 6 nitrogen and oxygen atoms in total. The maximum atomic E-state index is 12.3. The van der Waals surface area contributed by atoms with Gasteiger partial charge in [0.1, 0.15) is 5.82 Å². The highest BCUT2D eigenvalue weighted by Gasteiger charge is 2.29. The van der Waals surface area contributed by atoms with Gasteiger partial charge < -0.3 is 0 Å². The van der Waals surface area contributed by atoms with Gasteiger partial charge in [-0.05, 0) is 43.5 Å². The fourth-order valence-corrected chi connectivity index (χ4v) is 3.50. The maximum Gasteiger partial charge on any atom is 0.232 e. The molecule has 1 heterocycles. The lowest BCUT2D eigenvalue weighted by Crippen LogP contribution is -2.30. The Morgan fingerprint density at radius 2 is 2.09 bits per heavy atom. The molecule has 1 aromatic carbocycles. The quantitative estimate of drug-likeness (QED) is 0.776. The van der Waals surface area contributed by atoms with Crippen molar-refractivity contribution in [1.82, 2.24) is 14.8 Å². The molecule has 0 saturated heterocycles. The Morgan fingerprint density at radius 1 is 1.39 bits per heavy atom. The third-order valence-electron chi connectivity index (χ3n) is 3.93. The molecule has 8 heteroatoms. The Bertz CT molecular complexity index is 843. The minimum Gasteiger partial charge on any atom is -0.263 e. The highest BCUT2D eigenvalue weighted by atomic mass is 79.9. The van der Waals surface area contributed by atoms with Crippen molar-refractivity contribution < 1.29 is 8.42 Å². The van der Waals surface area contributed by atoms with Crippen LogP contribution in [0.3, 0.4) is 0 Å². The second kappa shape index (κ2) is 5.90. The van der Waals surface area contributed by atoms with E-state index in [0.717, 1.165) is 28.7 Å². The Labute approximate surface area is 144 Å². The largest absolute Gasteiger partial charge is 0.263 e. The average molecular weight is 399 g/mol. The van der Waals surface area contributed by atoms with Gasteiger partial charge in [0.05, 0.1) is 18.5 Å². The van der Waals surface area contributed by atoms with Crippen LogP contribution in [0.5, 0.6) is 0 Å². The van der Waals surface area contributed by atoms with E-state index in [2.05, 4.69) is 26.0 Å². The number of rotatable bonds is 5. The summed E-state index contributed by atoms with van der Waals surface area (Å²) in [5.41, 5.74) is 1.61. The molecule has 1 fully saturated rings. The number of sulfonamides is 1. The van der Waals surface area contributed by atoms with Crippen LogP contribution in [0.2, 0.25) is 0 Å².